The van der Waals surface area contributed by atoms with Gasteiger partial charge in [-0.05, 0) is 36.8 Å². The van der Waals surface area contributed by atoms with Gasteiger partial charge in [-0.15, -0.1) is 0 Å². The molecule has 1 aromatic carbocycles. The Morgan fingerprint density at radius 3 is 2.28 bits per heavy atom. The molecule has 0 aliphatic carbocycles. The van der Waals surface area contributed by atoms with Crippen LogP contribution >= 0.6 is 23.2 Å². The van der Waals surface area contributed by atoms with Gasteiger partial charge in [-0.1, -0.05) is 23.2 Å². The monoisotopic (exact) mass is 284 g/mol. The Labute approximate surface area is 115 Å². The molecule has 5 heteroatoms. The Bertz CT molecular complexity index is 523. The van der Waals surface area contributed by atoms with Gasteiger partial charge in [0.2, 0.25) is 0 Å². The van der Waals surface area contributed by atoms with Gasteiger partial charge in [-0.3, -0.25) is 4.98 Å². The van der Waals surface area contributed by atoms with Crippen LogP contribution in [-0.2, 0) is 0 Å². The zero-order chi connectivity index (χ0) is 13.1. The molecule has 1 N–H and O–H groups in total. The predicted molar refractivity (Wildman–Crippen MR) is 72.7 cm³/mol. The lowest BCUT2D eigenvalue weighted by molar-refractivity contribution is 0.628. The molecule has 0 aliphatic rings. The van der Waals surface area contributed by atoms with E-state index in [0.717, 1.165) is 5.56 Å². The van der Waals surface area contributed by atoms with Crippen LogP contribution in [0.1, 0.15) is 18.5 Å². The molecule has 94 valence electrons. The molecule has 2 rings (SSSR count). The quantitative estimate of drug-likeness (QED) is 0.827. The van der Waals surface area contributed by atoms with E-state index in [-0.39, 0.29) is 16.1 Å². The molecule has 0 saturated carbocycles. The molecule has 18 heavy (non-hydrogen) atoms. The van der Waals surface area contributed by atoms with Crippen LogP contribution in [0, 0.1) is 5.82 Å². The number of pyridine rings is 1. The molecule has 1 atom stereocenters. The first-order valence-electron chi connectivity index (χ1n) is 5.39. The van der Waals surface area contributed by atoms with Crippen LogP contribution < -0.4 is 5.32 Å². The predicted octanol–water partition coefficient (Wildman–Crippen LogP) is 4.70. The average Bonchev–Trinajstić information content (AvgIpc) is 2.37. The number of hydrogen-bond acceptors (Lipinski definition) is 2. The molecule has 1 aromatic heterocycles. The summed E-state index contributed by atoms with van der Waals surface area (Å²) in [5.41, 5.74) is 1.75. The second-order valence-corrected chi connectivity index (χ2v) is 4.71. The summed E-state index contributed by atoms with van der Waals surface area (Å²) in [6.45, 7) is 1.99. The van der Waals surface area contributed by atoms with Crippen molar-refractivity contribution in [3.8, 4) is 0 Å². The number of nitrogens with one attached hydrogen (secondary N) is 1. The number of anilines is 1. The minimum atomic E-state index is -0.597. The van der Waals surface area contributed by atoms with Crippen molar-refractivity contribution in [1.29, 1.82) is 0 Å². The van der Waals surface area contributed by atoms with E-state index in [2.05, 4.69) is 10.3 Å². The van der Waals surface area contributed by atoms with Gasteiger partial charge in [0, 0.05) is 24.1 Å². The minimum absolute atomic E-state index is 0.00642. The number of hydrogen-bond donors (Lipinski definition) is 1. The van der Waals surface area contributed by atoms with Gasteiger partial charge in [0.1, 0.15) is 0 Å². The van der Waals surface area contributed by atoms with E-state index in [0.29, 0.717) is 5.69 Å². The Balaban J connectivity index is 2.20. The topological polar surface area (TPSA) is 24.9 Å². The number of aromatic nitrogens is 1. The summed E-state index contributed by atoms with van der Waals surface area (Å²) < 4.78 is 13.3. The van der Waals surface area contributed by atoms with Crippen molar-refractivity contribution in [1.82, 2.24) is 4.98 Å². The Morgan fingerprint density at radius 1 is 1.17 bits per heavy atom. The maximum Gasteiger partial charge on any atom is 0.160 e. The fourth-order valence-corrected chi connectivity index (χ4v) is 2.11. The third-order valence-electron chi connectivity index (χ3n) is 2.57. The fourth-order valence-electron chi connectivity index (χ4n) is 1.62. The van der Waals surface area contributed by atoms with E-state index in [4.69, 9.17) is 23.2 Å². The van der Waals surface area contributed by atoms with Crippen LogP contribution in [0.3, 0.4) is 0 Å². The second-order valence-electron chi connectivity index (χ2n) is 3.90. The summed E-state index contributed by atoms with van der Waals surface area (Å²) in [5.74, 6) is -0.597. The molecule has 0 spiro atoms. The summed E-state index contributed by atoms with van der Waals surface area (Å²) in [6, 6.07) is 6.89. The van der Waals surface area contributed by atoms with Crippen molar-refractivity contribution < 1.29 is 4.39 Å². The lowest BCUT2D eigenvalue weighted by Crippen LogP contribution is -2.06. The Hall–Kier alpha value is -1.32. The normalized spacial score (nSPS) is 12.2. The number of nitrogens with zero attached hydrogens (tertiary/aromatic N) is 1. The molecule has 2 nitrogen and oxygen atoms in total. The molecule has 0 fully saturated rings. The van der Waals surface area contributed by atoms with Crippen molar-refractivity contribution in [2.45, 2.75) is 13.0 Å². The van der Waals surface area contributed by atoms with E-state index < -0.39 is 5.82 Å². The fraction of sp³-hybridized carbons (Fsp3) is 0.154. The smallest absolute Gasteiger partial charge is 0.160 e. The number of benzene rings is 1. The summed E-state index contributed by atoms with van der Waals surface area (Å²) >= 11 is 11.5. The van der Waals surface area contributed by atoms with Gasteiger partial charge < -0.3 is 5.32 Å². The van der Waals surface area contributed by atoms with E-state index in [1.807, 2.05) is 19.1 Å². The second kappa shape index (κ2) is 5.55. The lowest BCUT2D eigenvalue weighted by atomic mass is 10.1. The number of rotatable bonds is 3. The molecule has 1 heterocycles. The van der Waals surface area contributed by atoms with E-state index in [9.17, 15) is 4.39 Å². The van der Waals surface area contributed by atoms with Crippen LogP contribution in [0.5, 0.6) is 0 Å². The van der Waals surface area contributed by atoms with Crippen molar-refractivity contribution in [2.24, 2.45) is 0 Å². The highest BCUT2D eigenvalue weighted by molar-refractivity contribution is 6.35. The van der Waals surface area contributed by atoms with Gasteiger partial charge in [-0.25, -0.2) is 4.39 Å². The summed E-state index contributed by atoms with van der Waals surface area (Å²) in [7, 11) is 0. The summed E-state index contributed by atoms with van der Waals surface area (Å²) in [4.78, 5) is 3.96. The van der Waals surface area contributed by atoms with Crippen LogP contribution in [0.25, 0.3) is 0 Å². The van der Waals surface area contributed by atoms with Crippen molar-refractivity contribution in [3.63, 3.8) is 0 Å². The molecule has 0 saturated heterocycles. The van der Waals surface area contributed by atoms with Gasteiger partial charge in [-0.2, -0.15) is 0 Å². The minimum Gasteiger partial charge on any atom is -0.378 e. The van der Waals surface area contributed by atoms with Gasteiger partial charge in [0.15, 0.2) is 5.82 Å². The van der Waals surface area contributed by atoms with E-state index in [1.165, 1.54) is 12.1 Å². The zero-order valence-electron chi connectivity index (χ0n) is 9.62. The molecule has 1 unspecified atom stereocenters. The van der Waals surface area contributed by atoms with E-state index >= 15 is 0 Å². The number of halogens is 3. The molecule has 0 radical (unpaired) electrons. The van der Waals surface area contributed by atoms with Crippen LogP contribution in [0.4, 0.5) is 10.1 Å². The zero-order valence-corrected chi connectivity index (χ0v) is 11.1. The van der Waals surface area contributed by atoms with Gasteiger partial charge >= 0.3 is 0 Å². The largest absolute Gasteiger partial charge is 0.378 e. The van der Waals surface area contributed by atoms with Crippen molar-refractivity contribution in [2.75, 3.05) is 5.32 Å². The Morgan fingerprint density at radius 2 is 1.72 bits per heavy atom. The highest BCUT2D eigenvalue weighted by Crippen LogP contribution is 2.29. The first-order valence-corrected chi connectivity index (χ1v) is 6.14. The molecule has 0 aliphatic heterocycles. The maximum absolute atomic E-state index is 13.3. The van der Waals surface area contributed by atoms with Crippen LogP contribution in [0.15, 0.2) is 36.7 Å². The van der Waals surface area contributed by atoms with Crippen molar-refractivity contribution in [3.05, 3.63) is 58.1 Å². The molecule has 2 aromatic rings. The Kier molecular flexibility index (Phi) is 4.04. The standard InChI is InChI=1S/C13H11Cl2FN2/c1-8(9-2-4-17-5-3-9)18-10-6-11(14)13(16)12(15)7-10/h2-8,18H,1H3. The van der Waals surface area contributed by atoms with Crippen LogP contribution in [-0.4, -0.2) is 4.98 Å². The highest BCUT2D eigenvalue weighted by atomic mass is 35.5. The molecular weight excluding hydrogens is 274 g/mol. The summed E-state index contributed by atoms with van der Waals surface area (Å²) in [5, 5.41) is 3.22. The SMILES string of the molecule is CC(Nc1cc(Cl)c(F)c(Cl)c1)c1ccncc1. The summed E-state index contributed by atoms with van der Waals surface area (Å²) in [6.07, 6.45) is 3.44. The van der Waals surface area contributed by atoms with Gasteiger partial charge in [0.25, 0.3) is 0 Å². The molecular formula is C13H11Cl2FN2. The van der Waals surface area contributed by atoms with Crippen LogP contribution in [0.2, 0.25) is 10.0 Å². The first kappa shape index (κ1) is 13.1. The maximum atomic E-state index is 13.3. The third kappa shape index (κ3) is 2.92. The lowest BCUT2D eigenvalue weighted by Gasteiger charge is -2.16. The van der Waals surface area contributed by atoms with E-state index in [1.54, 1.807) is 12.4 Å². The average molecular weight is 285 g/mol. The van der Waals surface area contributed by atoms with Gasteiger partial charge in [0.05, 0.1) is 10.0 Å². The molecule has 0 amide bonds. The van der Waals surface area contributed by atoms with Crippen molar-refractivity contribution >= 4 is 28.9 Å². The molecule has 0 bridgehead atoms. The highest BCUT2D eigenvalue weighted by Gasteiger charge is 2.10. The third-order valence-corrected chi connectivity index (χ3v) is 3.12. The first-order chi connectivity index (χ1) is 8.58.